The van der Waals surface area contributed by atoms with Crippen molar-refractivity contribution in [2.24, 2.45) is 0 Å². The van der Waals surface area contributed by atoms with Gasteiger partial charge >= 0.3 is 0 Å². The second kappa shape index (κ2) is 6.29. The van der Waals surface area contributed by atoms with E-state index in [4.69, 9.17) is 4.42 Å². The molecule has 1 aromatic carbocycles. The average molecular weight is 280 g/mol. The fourth-order valence-electron chi connectivity index (χ4n) is 1.68. The Hall–Kier alpha value is -2.21. The Bertz CT molecular complexity index is 565. The van der Waals surface area contributed by atoms with E-state index < -0.39 is 23.2 Å². The minimum atomic E-state index is -0.808. The summed E-state index contributed by atoms with van der Waals surface area (Å²) in [6.07, 6.45) is 1.53. The quantitative estimate of drug-likeness (QED) is 0.885. The van der Waals surface area contributed by atoms with Crippen LogP contribution < -0.4 is 10.6 Å². The van der Waals surface area contributed by atoms with Crippen molar-refractivity contribution in [3.8, 4) is 0 Å². The minimum Gasteiger partial charge on any atom is -0.468 e. The Kier molecular flexibility index (Phi) is 4.47. The predicted molar refractivity (Wildman–Crippen MR) is 70.1 cm³/mol. The molecule has 1 unspecified atom stereocenters. The highest BCUT2D eigenvalue weighted by Crippen LogP contribution is 2.17. The minimum absolute atomic E-state index is 0.0877. The summed E-state index contributed by atoms with van der Waals surface area (Å²) in [5, 5.41) is 5.09. The van der Waals surface area contributed by atoms with E-state index in [1.54, 1.807) is 12.1 Å². The lowest BCUT2D eigenvalue weighted by atomic mass is 10.2. The topological polar surface area (TPSA) is 54.3 Å². The van der Waals surface area contributed by atoms with Crippen LogP contribution in [0, 0.1) is 11.6 Å². The van der Waals surface area contributed by atoms with E-state index in [0.717, 1.165) is 12.1 Å². The van der Waals surface area contributed by atoms with Gasteiger partial charge in [0.05, 0.1) is 18.8 Å². The highest BCUT2D eigenvalue weighted by atomic mass is 19.1. The van der Waals surface area contributed by atoms with Crippen LogP contribution in [0.4, 0.5) is 14.5 Å². The number of carbonyl (C=O) groups excluding carboxylic acids is 1. The van der Waals surface area contributed by atoms with Gasteiger partial charge < -0.3 is 9.73 Å². The molecule has 0 spiro atoms. The van der Waals surface area contributed by atoms with Crippen molar-refractivity contribution in [1.82, 2.24) is 5.32 Å². The number of furan rings is 1. The van der Waals surface area contributed by atoms with Crippen molar-refractivity contribution >= 4 is 11.6 Å². The van der Waals surface area contributed by atoms with Crippen LogP contribution in [0.2, 0.25) is 0 Å². The number of anilines is 1. The van der Waals surface area contributed by atoms with E-state index in [-0.39, 0.29) is 12.6 Å². The van der Waals surface area contributed by atoms with Gasteiger partial charge in [-0.2, -0.15) is 0 Å². The van der Waals surface area contributed by atoms with E-state index in [1.807, 2.05) is 6.92 Å². The highest BCUT2D eigenvalue weighted by Gasteiger charge is 2.13. The Morgan fingerprint density at radius 3 is 2.55 bits per heavy atom. The number of hydrogen-bond acceptors (Lipinski definition) is 3. The first-order valence-corrected chi connectivity index (χ1v) is 6.08. The number of para-hydroxylation sites is 1. The molecule has 0 saturated carbocycles. The molecule has 0 saturated heterocycles. The molecule has 2 rings (SSSR count). The molecule has 1 amide bonds. The summed E-state index contributed by atoms with van der Waals surface area (Å²) in [6.45, 7) is 1.73. The summed E-state index contributed by atoms with van der Waals surface area (Å²) >= 11 is 0. The number of hydrogen-bond donors (Lipinski definition) is 2. The molecule has 4 nitrogen and oxygen atoms in total. The van der Waals surface area contributed by atoms with Gasteiger partial charge in [0.25, 0.3) is 0 Å². The molecule has 0 fully saturated rings. The summed E-state index contributed by atoms with van der Waals surface area (Å²) < 4.78 is 31.9. The fraction of sp³-hybridized carbons (Fsp3) is 0.214. The van der Waals surface area contributed by atoms with Crippen LogP contribution in [-0.2, 0) is 4.79 Å². The third kappa shape index (κ3) is 3.42. The van der Waals surface area contributed by atoms with Crippen molar-refractivity contribution < 1.29 is 18.0 Å². The van der Waals surface area contributed by atoms with Crippen molar-refractivity contribution in [3.05, 3.63) is 54.0 Å². The molecular weight excluding hydrogens is 266 g/mol. The Balaban J connectivity index is 1.90. The van der Waals surface area contributed by atoms with E-state index >= 15 is 0 Å². The maximum absolute atomic E-state index is 13.3. The summed E-state index contributed by atoms with van der Waals surface area (Å²) in [5.74, 6) is -1.47. The van der Waals surface area contributed by atoms with Gasteiger partial charge in [-0.3, -0.25) is 10.1 Å². The van der Waals surface area contributed by atoms with Crippen molar-refractivity contribution in [2.75, 3.05) is 11.9 Å². The lowest BCUT2D eigenvalue weighted by Crippen LogP contribution is -2.30. The predicted octanol–water partition coefficient (Wildman–Crippen LogP) is 2.85. The molecule has 0 radical (unpaired) electrons. The summed E-state index contributed by atoms with van der Waals surface area (Å²) in [7, 11) is 0. The SMILES string of the molecule is CC(NCC(=O)Nc1c(F)cccc1F)c1ccco1. The first kappa shape index (κ1) is 14.2. The molecular formula is C14H14F2N2O2. The van der Waals surface area contributed by atoms with Gasteiger partial charge in [0.1, 0.15) is 23.1 Å². The van der Waals surface area contributed by atoms with Gasteiger partial charge in [0.15, 0.2) is 0 Å². The number of benzene rings is 1. The summed E-state index contributed by atoms with van der Waals surface area (Å²) in [6, 6.07) is 6.72. The largest absolute Gasteiger partial charge is 0.468 e. The van der Waals surface area contributed by atoms with Crippen LogP contribution in [0.15, 0.2) is 41.0 Å². The second-order valence-corrected chi connectivity index (χ2v) is 4.26. The van der Waals surface area contributed by atoms with Crippen LogP contribution in [0.25, 0.3) is 0 Å². The third-order valence-corrected chi connectivity index (χ3v) is 2.77. The molecule has 1 atom stereocenters. The Labute approximate surface area is 114 Å². The first-order valence-electron chi connectivity index (χ1n) is 6.08. The average Bonchev–Trinajstić information content (AvgIpc) is 2.94. The molecule has 1 heterocycles. The van der Waals surface area contributed by atoms with Crippen LogP contribution >= 0.6 is 0 Å². The molecule has 2 N–H and O–H groups in total. The molecule has 20 heavy (non-hydrogen) atoms. The monoisotopic (exact) mass is 280 g/mol. The lowest BCUT2D eigenvalue weighted by Gasteiger charge is -2.12. The number of rotatable bonds is 5. The zero-order chi connectivity index (χ0) is 14.5. The maximum atomic E-state index is 13.3. The van der Waals surface area contributed by atoms with Crippen LogP contribution in [0.5, 0.6) is 0 Å². The van der Waals surface area contributed by atoms with E-state index in [9.17, 15) is 13.6 Å². The van der Waals surface area contributed by atoms with Crippen LogP contribution in [0.3, 0.4) is 0 Å². The molecule has 1 aromatic heterocycles. The molecule has 6 heteroatoms. The summed E-state index contributed by atoms with van der Waals surface area (Å²) in [4.78, 5) is 11.7. The molecule has 0 aliphatic heterocycles. The van der Waals surface area contributed by atoms with Gasteiger partial charge in [-0.25, -0.2) is 8.78 Å². The Morgan fingerprint density at radius 2 is 1.95 bits per heavy atom. The second-order valence-electron chi connectivity index (χ2n) is 4.26. The van der Waals surface area contributed by atoms with Crippen LogP contribution in [0.1, 0.15) is 18.7 Å². The van der Waals surface area contributed by atoms with Crippen LogP contribution in [-0.4, -0.2) is 12.5 Å². The molecule has 0 aliphatic carbocycles. The van der Waals surface area contributed by atoms with E-state index in [0.29, 0.717) is 5.76 Å². The zero-order valence-corrected chi connectivity index (χ0v) is 10.8. The number of halogens is 2. The van der Waals surface area contributed by atoms with Crippen molar-refractivity contribution in [3.63, 3.8) is 0 Å². The Morgan fingerprint density at radius 1 is 1.25 bits per heavy atom. The molecule has 0 aliphatic rings. The van der Waals surface area contributed by atoms with Gasteiger partial charge in [-0.1, -0.05) is 6.07 Å². The van der Waals surface area contributed by atoms with Crippen molar-refractivity contribution in [2.45, 2.75) is 13.0 Å². The molecule has 106 valence electrons. The first-order chi connectivity index (χ1) is 9.58. The summed E-state index contributed by atoms with van der Waals surface area (Å²) in [5.41, 5.74) is -0.440. The number of nitrogens with one attached hydrogen (secondary N) is 2. The van der Waals surface area contributed by atoms with Gasteiger partial charge in [0.2, 0.25) is 5.91 Å². The number of amides is 1. The van der Waals surface area contributed by atoms with Gasteiger partial charge in [-0.15, -0.1) is 0 Å². The van der Waals surface area contributed by atoms with E-state index in [1.165, 1.54) is 12.3 Å². The molecule has 0 bridgehead atoms. The number of carbonyl (C=O) groups is 1. The molecule has 2 aromatic rings. The highest BCUT2D eigenvalue weighted by molar-refractivity contribution is 5.92. The van der Waals surface area contributed by atoms with Gasteiger partial charge in [-0.05, 0) is 31.2 Å². The normalized spacial score (nSPS) is 12.2. The zero-order valence-electron chi connectivity index (χ0n) is 10.8. The smallest absolute Gasteiger partial charge is 0.238 e. The maximum Gasteiger partial charge on any atom is 0.238 e. The van der Waals surface area contributed by atoms with E-state index in [2.05, 4.69) is 10.6 Å². The lowest BCUT2D eigenvalue weighted by molar-refractivity contribution is -0.115. The standard InChI is InChI=1S/C14H14F2N2O2/c1-9(12-6-3-7-20-12)17-8-13(19)18-14-10(15)4-2-5-11(14)16/h2-7,9,17H,8H2,1H3,(H,18,19). The fourth-order valence-corrected chi connectivity index (χ4v) is 1.68. The van der Waals surface area contributed by atoms with Crippen molar-refractivity contribution in [1.29, 1.82) is 0 Å². The third-order valence-electron chi connectivity index (χ3n) is 2.77. The van der Waals surface area contributed by atoms with Gasteiger partial charge in [0, 0.05) is 0 Å².